The number of carbonyl (C=O) groups excluding carboxylic acids is 2. The van der Waals surface area contributed by atoms with Gasteiger partial charge in [0.05, 0.1) is 26.3 Å². The number of anilines is 1. The van der Waals surface area contributed by atoms with Crippen molar-refractivity contribution in [1.29, 1.82) is 0 Å². The van der Waals surface area contributed by atoms with Gasteiger partial charge in [-0.3, -0.25) is 9.59 Å². The lowest BCUT2D eigenvalue weighted by Gasteiger charge is -2.15. The Bertz CT molecular complexity index is 810. The zero-order valence-corrected chi connectivity index (χ0v) is 15.7. The summed E-state index contributed by atoms with van der Waals surface area (Å²) >= 11 is 17.7. The highest BCUT2D eigenvalue weighted by Gasteiger charge is 2.15. The van der Waals surface area contributed by atoms with Crippen molar-refractivity contribution in [2.75, 3.05) is 26.0 Å². The number of carbonyl (C=O) groups is 2. The fourth-order valence-corrected chi connectivity index (χ4v) is 2.56. The highest BCUT2D eigenvalue weighted by atomic mass is 35.5. The van der Waals surface area contributed by atoms with E-state index in [1.807, 2.05) is 0 Å². The normalized spacial score (nSPS) is 10.3. The number of ether oxygens (including phenoxy) is 1. The quantitative estimate of drug-likeness (QED) is 0.757. The average molecular weight is 402 g/mol. The van der Waals surface area contributed by atoms with Gasteiger partial charge >= 0.3 is 0 Å². The minimum absolute atomic E-state index is 0.218. The maximum atomic E-state index is 12.1. The molecule has 0 aliphatic heterocycles. The van der Waals surface area contributed by atoms with Gasteiger partial charge in [0.15, 0.2) is 6.61 Å². The molecule has 0 atom stereocenters. The molecule has 132 valence electrons. The summed E-state index contributed by atoms with van der Waals surface area (Å²) in [7, 11) is 3.27. The molecule has 0 unspecified atom stereocenters. The van der Waals surface area contributed by atoms with Gasteiger partial charge in [-0.1, -0.05) is 46.9 Å². The molecule has 0 fully saturated rings. The summed E-state index contributed by atoms with van der Waals surface area (Å²) < 4.78 is 5.37. The summed E-state index contributed by atoms with van der Waals surface area (Å²) in [4.78, 5) is 25.7. The van der Waals surface area contributed by atoms with Crippen molar-refractivity contribution < 1.29 is 14.3 Å². The van der Waals surface area contributed by atoms with Crippen LogP contribution in [-0.2, 0) is 4.79 Å². The third-order valence-electron chi connectivity index (χ3n) is 3.17. The predicted molar refractivity (Wildman–Crippen MR) is 100 cm³/mol. The van der Waals surface area contributed by atoms with Gasteiger partial charge in [-0.25, -0.2) is 0 Å². The summed E-state index contributed by atoms with van der Waals surface area (Å²) in [6, 6.07) is 9.58. The average Bonchev–Trinajstić information content (AvgIpc) is 2.56. The molecule has 2 aromatic carbocycles. The summed E-state index contributed by atoms with van der Waals surface area (Å²) in [5, 5.41) is 3.45. The summed E-state index contributed by atoms with van der Waals surface area (Å²) in [6.07, 6.45) is 0. The molecule has 0 bridgehead atoms. The SMILES string of the molecule is CN(C)C(=O)c1ccccc1NC(=O)COc1cc(Cl)c(Cl)cc1Cl. The van der Waals surface area contributed by atoms with Crippen molar-refractivity contribution in [2.24, 2.45) is 0 Å². The molecular weight excluding hydrogens is 387 g/mol. The molecule has 0 saturated heterocycles. The van der Waals surface area contributed by atoms with Gasteiger partial charge in [-0.2, -0.15) is 0 Å². The van der Waals surface area contributed by atoms with Gasteiger partial charge in [-0.15, -0.1) is 0 Å². The maximum absolute atomic E-state index is 12.1. The van der Waals surface area contributed by atoms with Gasteiger partial charge in [0.2, 0.25) is 0 Å². The van der Waals surface area contributed by atoms with Crippen molar-refractivity contribution in [1.82, 2.24) is 4.90 Å². The standard InChI is InChI=1S/C17H15Cl3N2O3/c1-22(2)17(24)10-5-3-4-6-14(10)21-16(23)9-25-15-8-12(19)11(18)7-13(15)20/h3-8H,9H2,1-2H3,(H,21,23). The lowest BCUT2D eigenvalue weighted by molar-refractivity contribution is -0.118. The Hall–Kier alpha value is -1.95. The third kappa shape index (κ3) is 5.01. The number of nitrogens with zero attached hydrogens (tertiary/aromatic N) is 1. The van der Waals surface area contributed by atoms with Crippen LogP contribution in [0.25, 0.3) is 0 Å². The van der Waals surface area contributed by atoms with Gasteiger partial charge in [-0.05, 0) is 18.2 Å². The molecule has 5 nitrogen and oxygen atoms in total. The van der Waals surface area contributed by atoms with E-state index in [4.69, 9.17) is 39.5 Å². The molecule has 0 aliphatic rings. The van der Waals surface area contributed by atoms with Crippen LogP contribution in [0.2, 0.25) is 15.1 Å². The molecule has 0 aromatic heterocycles. The first-order valence-corrected chi connectivity index (χ1v) is 8.31. The maximum Gasteiger partial charge on any atom is 0.262 e. The lowest BCUT2D eigenvalue weighted by atomic mass is 10.1. The Morgan fingerprint density at radius 1 is 1.04 bits per heavy atom. The molecule has 2 amide bonds. The largest absolute Gasteiger partial charge is 0.482 e. The van der Waals surface area contributed by atoms with Crippen LogP contribution in [0.15, 0.2) is 36.4 Å². The molecule has 8 heteroatoms. The van der Waals surface area contributed by atoms with Crippen LogP contribution in [0.3, 0.4) is 0 Å². The van der Waals surface area contributed by atoms with Gasteiger partial charge < -0.3 is 15.0 Å². The van der Waals surface area contributed by atoms with Crippen LogP contribution < -0.4 is 10.1 Å². The molecule has 0 radical (unpaired) electrons. The fourth-order valence-electron chi connectivity index (χ4n) is 1.96. The van der Waals surface area contributed by atoms with Crippen molar-refractivity contribution in [3.8, 4) is 5.75 Å². The van der Waals surface area contributed by atoms with E-state index >= 15 is 0 Å². The van der Waals surface area contributed by atoms with E-state index in [1.54, 1.807) is 38.4 Å². The second-order valence-electron chi connectivity index (χ2n) is 5.28. The van der Waals surface area contributed by atoms with E-state index in [9.17, 15) is 9.59 Å². The van der Waals surface area contributed by atoms with E-state index in [-0.39, 0.29) is 28.3 Å². The van der Waals surface area contributed by atoms with E-state index < -0.39 is 5.91 Å². The molecule has 1 N–H and O–H groups in total. The Labute approximate surface area is 160 Å². The Morgan fingerprint density at radius 3 is 2.36 bits per heavy atom. The highest BCUT2D eigenvalue weighted by molar-refractivity contribution is 6.43. The van der Waals surface area contributed by atoms with Crippen LogP contribution in [0.5, 0.6) is 5.75 Å². The van der Waals surface area contributed by atoms with Gasteiger partial charge in [0.1, 0.15) is 5.75 Å². The van der Waals surface area contributed by atoms with Crippen molar-refractivity contribution in [3.05, 3.63) is 57.0 Å². The number of para-hydroxylation sites is 1. The monoisotopic (exact) mass is 400 g/mol. The fraction of sp³-hybridized carbons (Fsp3) is 0.176. The van der Waals surface area contributed by atoms with E-state index in [2.05, 4.69) is 5.32 Å². The number of amides is 2. The molecule has 0 heterocycles. The molecule has 0 saturated carbocycles. The zero-order chi connectivity index (χ0) is 18.6. The van der Waals surface area contributed by atoms with Crippen molar-refractivity contribution in [2.45, 2.75) is 0 Å². The predicted octanol–water partition coefficient (Wildman–Crippen LogP) is 4.37. The smallest absolute Gasteiger partial charge is 0.262 e. The summed E-state index contributed by atoms with van der Waals surface area (Å²) in [5.74, 6) is -0.422. The Kier molecular flexibility index (Phi) is 6.53. The number of halogens is 3. The first-order valence-electron chi connectivity index (χ1n) is 7.17. The van der Waals surface area contributed by atoms with Gasteiger partial charge in [0.25, 0.3) is 11.8 Å². The number of hydrogen-bond acceptors (Lipinski definition) is 3. The van der Waals surface area contributed by atoms with Crippen LogP contribution in [0.4, 0.5) is 5.69 Å². The zero-order valence-electron chi connectivity index (χ0n) is 13.5. The Morgan fingerprint density at radius 2 is 1.68 bits per heavy atom. The molecular formula is C17H15Cl3N2O3. The number of nitrogens with one attached hydrogen (secondary N) is 1. The molecule has 25 heavy (non-hydrogen) atoms. The van der Waals surface area contributed by atoms with Crippen molar-refractivity contribution in [3.63, 3.8) is 0 Å². The van der Waals surface area contributed by atoms with Crippen LogP contribution in [0, 0.1) is 0 Å². The van der Waals surface area contributed by atoms with E-state index in [0.29, 0.717) is 16.3 Å². The van der Waals surface area contributed by atoms with Crippen molar-refractivity contribution >= 4 is 52.3 Å². The lowest BCUT2D eigenvalue weighted by Crippen LogP contribution is -2.25. The first-order chi connectivity index (χ1) is 11.8. The third-order valence-corrected chi connectivity index (χ3v) is 4.19. The minimum atomic E-state index is -0.443. The van der Waals surface area contributed by atoms with Gasteiger partial charge in [0, 0.05) is 20.2 Å². The molecule has 2 aromatic rings. The first kappa shape index (κ1) is 19.4. The summed E-state index contributed by atoms with van der Waals surface area (Å²) in [5.41, 5.74) is 0.781. The number of rotatable bonds is 5. The number of hydrogen-bond donors (Lipinski definition) is 1. The Balaban J connectivity index is 2.07. The highest BCUT2D eigenvalue weighted by Crippen LogP contribution is 2.33. The molecule has 0 spiro atoms. The van der Waals surface area contributed by atoms with Crippen LogP contribution in [0.1, 0.15) is 10.4 Å². The number of benzene rings is 2. The second kappa shape index (κ2) is 8.43. The van der Waals surface area contributed by atoms with Crippen LogP contribution >= 0.6 is 34.8 Å². The van der Waals surface area contributed by atoms with E-state index in [1.165, 1.54) is 17.0 Å². The topological polar surface area (TPSA) is 58.6 Å². The van der Waals surface area contributed by atoms with Crippen LogP contribution in [-0.4, -0.2) is 37.4 Å². The molecule has 2 rings (SSSR count). The van der Waals surface area contributed by atoms with E-state index in [0.717, 1.165) is 0 Å². The second-order valence-corrected chi connectivity index (χ2v) is 6.50. The molecule has 0 aliphatic carbocycles. The minimum Gasteiger partial charge on any atom is -0.482 e. The summed E-state index contributed by atoms with van der Waals surface area (Å²) in [6.45, 7) is -0.303.